The van der Waals surface area contributed by atoms with E-state index >= 15 is 0 Å². The molecule has 2 N–H and O–H groups in total. The zero-order chi connectivity index (χ0) is 16.9. The second-order valence-electron chi connectivity index (χ2n) is 6.12. The molecule has 0 saturated carbocycles. The summed E-state index contributed by atoms with van der Waals surface area (Å²) in [7, 11) is 0. The summed E-state index contributed by atoms with van der Waals surface area (Å²) < 4.78 is 5.76. The van der Waals surface area contributed by atoms with Crippen LogP contribution in [-0.4, -0.2) is 42.2 Å². The van der Waals surface area contributed by atoms with Crippen molar-refractivity contribution >= 4 is 17.5 Å². The number of hydrogen-bond donors (Lipinski definition) is 2. The normalized spacial score (nSPS) is 18.0. The van der Waals surface area contributed by atoms with E-state index in [1.54, 1.807) is 0 Å². The van der Waals surface area contributed by atoms with Crippen LogP contribution < -0.4 is 5.32 Å². The summed E-state index contributed by atoms with van der Waals surface area (Å²) in [4.78, 5) is 14.1. The van der Waals surface area contributed by atoms with Crippen LogP contribution in [0.1, 0.15) is 12.2 Å². The van der Waals surface area contributed by atoms with Crippen LogP contribution in [0.25, 0.3) is 11.3 Å². The molecule has 0 spiro atoms. The minimum Gasteiger partial charge on any atom is -0.459 e. The summed E-state index contributed by atoms with van der Waals surface area (Å²) in [5, 5.41) is 12.7. The molecule has 2 heterocycles. The average molecular weight is 349 g/mol. The van der Waals surface area contributed by atoms with Crippen molar-refractivity contribution in [3.8, 4) is 11.3 Å². The number of halogens is 1. The largest absolute Gasteiger partial charge is 0.459 e. The Balaban J connectivity index is 1.48. The van der Waals surface area contributed by atoms with Gasteiger partial charge in [0, 0.05) is 23.7 Å². The summed E-state index contributed by atoms with van der Waals surface area (Å²) >= 11 is 5.88. The van der Waals surface area contributed by atoms with Crippen LogP contribution in [0, 0.1) is 5.92 Å². The number of rotatable bonds is 6. The topological polar surface area (TPSA) is 65.7 Å². The fourth-order valence-electron chi connectivity index (χ4n) is 2.89. The third kappa shape index (κ3) is 4.38. The van der Waals surface area contributed by atoms with Crippen LogP contribution >= 0.6 is 11.6 Å². The van der Waals surface area contributed by atoms with E-state index in [0.29, 0.717) is 29.8 Å². The van der Waals surface area contributed by atoms with E-state index in [0.717, 1.165) is 30.8 Å². The highest BCUT2D eigenvalue weighted by molar-refractivity contribution is 6.30. The lowest BCUT2D eigenvalue weighted by atomic mass is 10.1. The first-order valence-electron chi connectivity index (χ1n) is 8.08. The zero-order valence-electron chi connectivity index (χ0n) is 13.4. The Kier molecular flexibility index (Phi) is 5.56. The first-order chi connectivity index (χ1) is 11.6. The fourth-order valence-corrected chi connectivity index (χ4v) is 3.02. The van der Waals surface area contributed by atoms with Gasteiger partial charge in [-0.05, 0) is 55.3 Å². The van der Waals surface area contributed by atoms with Crippen LogP contribution in [-0.2, 0) is 11.3 Å². The molecule has 3 rings (SSSR count). The maximum atomic E-state index is 12.0. The van der Waals surface area contributed by atoms with E-state index in [1.165, 1.54) is 0 Å². The van der Waals surface area contributed by atoms with Crippen LogP contribution in [0.5, 0.6) is 0 Å². The number of aliphatic hydroxyl groups is 1. The van der Waals surface area contributed by atoms with Gasteiger partial charge in [-0.2, -0.15) is 0 Å². The lowest BCUT2D eigenvalue weighted by Gasteiger charge is -2.14. The molecule has 1 fully saturated rings. The van der Waals surface area contributed by atoms with Crippen molar-refractivity contribution in [2.75, 3.05) is 26.2 Å². The van der Waals surface area contributed by atoms with Crippen LogP contribution in [0.2, 0.25) is 5.02 Å². The van der Waals surface area contributed by atoms with Gasteiger partial charge in [-0.1, -0.05) is 11.6 Å². The van der Waals surface area contributed by atoms with Crippen molar-refractivity contribution in [2.45, 2.75) is 13.0 Å². The Morgan fingerprint density at radius 3 is 2.79 bits per heavy atom. The number of amides is 1. The Morgan fingerprint density at radius 1 is 1.29 bits per heavy atom. The van der Waals surface area contributed by atoms with E-state index in [4.69, 9.17) is 21.1 Å². The van der Waals surface area contributed by atoms with Crippen LogP contribution in [0.15, 0.2) is 40.8 Å². The van der Waals surface area contributed by atoms with Gasteiger partial charge in [0.05, 0.1) is 13.1 Å². The Bertz CT molecular complexity index is 684. The summed E-state index contributed by atoms with van der Waals surface area (Å²) in [6, 6.07) is 11.2. The number of carbonyl (C=O) groups excluding carboxylic acids is 1. The molecule has 1 aromatic heterocycles. The highest BCUT2D eigenvalue weighted by Gasteiger charge is 2.23. The van der Waals surface area contributed by atoms with E-state index in [-0.39, 0.29) is 12.5 Å². The predicted molar refractivity (Wildman–Crippen MR) is 92.6 cm³/mol. The summed E-state index contributed by atoms with van der Waals surface area (Å²) in [5.74, 6) is 1.73. The number of hydrogen-bond acceptors (Lipinski definition) is 4. The van der Waals surface area contributed by atoms with Gasteiger partial charge in [0.1, 0.15) is 11.5 Å². The van der Waals surface area contributed by atoms with E-state index in [9.17, 15) is 4.79 Å². The summed E-state index contributed by atoms with van der Waals surface area (Å²) in [6.07, 6.45) is 0.951. The number of nitrogens with one attached hydrogen (secondary N) is 1. The number of benzene rings is 1. The highest BCUT2D eigenvalue weighted by atomic mass is 35.5. The third-order valence-electron chi connectivity index (χ3n) is 4.25. The SMILES string of the molecule is O=C(CN1CCC(CO)C1)NCc1ccc(-c2ccc(Cl)cc2)o1. The predicted octanol–water partition coefficient (Wildman–Crippen LogP) is 2.53. The Morgan fingerprint density at radius 2 is 2.08 bits per heavy atom. The van der Waals surface area contributed by atoms with Crippen molar-refractivity contribution in [3.63, 3.8) is 0 Å². The molecular weight excluding hydrogens is 328 g/mol. The smallest absolute Gasteiger partial charge is 0.234 e. The standard InChI is InChI=1S/C18H21ClN2O3/c19-15-3-1-14(2-4-15)17-6-5-16(24-17)9-20-18(23)11-21-8-7-13(10-21)12-22/h1-6,13,22H,7-12H2,(H,20,23). The van der Waals surface area contributed by atoms with Gasteiger partial charge in [-0.25, -0.2) is 0 Å². The van der Waals surface area contributed by atoms with Crippen molar-refractivity contribution < 1.29 is 14.3 Å². The summed E-state index contributed by atoms with van der Waals surface area (Å²) in [5.41, 5.74) is 0.948. The van der Waals surface area contributed by atoms with Gasteiger partial charge < -0.3 is 14.8 Å². The number of likely N-dealkylation sites (tertiary alicyclic amines) is 1. The highest BCUT2D eigenvalue weighted by Crippen LogP contribution is 2.23. The van der Waals surface area contributed by atoms with E-state index in [1.807, 2.05) is 36.4 Å². The molecule has 1 saturated heterocycles. The minimum atomic E-state index is -0.0296. The number of carbonyl (C=O) groups is 1. The lowest BCUT2D eigenvalue weighted by molar-refractivity contribution is -0.122. The monoisotopic (exact) mass is 348 g/mol. The molecule has 1 aliphatic heterocycles. The van der Waals surface area contributed by atoms with Gasteiger partial charge in [0.15, 0.2) is 0 Å². The third-order valence-corrected chi connectivity index (χ3v) is 4.50. The molecule has 5 nitrogen and oxygen atoms in total. The molecule has 1 amide bonds. The first-order valence-corrected chi connectivity index (χ1v) is 8.46. The average Bonchev–Trinajstić information content (AvgIpc) is 3.23. The second kappa shape index (κ2) is 7.83. The van der Waals surface area contributed by atoms with Gasteiger partial charge in [0.25, 0.3) is 0 Å². The molecule has 1 atom stereocenters. The van der Waals surface area contributed by atoms with Gasteiger partial charge in [-0.15, -0.1) is 0 Å². The minimum absolute atomic E-state index is 0.0296. The molecule has 1 aliphatic rings. The van der Waals surface area contributed by atoms with Crippen molar-refractivity contribution in [1.29, 1.82) is 0 Å². The number of furan rings is 1. The molecule has 24 heavy (non-hydrogen) atoms. The van der Waals surface area contributed by atoms with Crippen molar-refractivity contribution in [1.82, 2.24) is 10.2 Å². The zero-order valence-corrected chi connectivity index (χ0v) is 14.1. The molecule has 6 heteroatoms. The van der Waals surface area contributed by atoms with Gasteiger partial charge in [-0.3, -0.25) is 9.69 Å². The van der Waals surface area contributed by atoms with E-state index in [2.05, 4.69) is 10.2 Å². The molecule has 1 unspecified atom stereocenters. The Labute approximate surface area is 146 Å². The Hall–Kier alpha value is -1.82. The summed E-state index contributed by atoms with van der Waals surface area (Å²) in [6.45, 7) is 2.56. The molecule has 128 valence electrons. The molecule has 1 aromatic carbocycles. The molecular formula is C18H21ClN2O3. The lowest BCUT2D eigenvalue weighted by Crippen LogP contribution is -2.35. The molecule has 2 aromatic rings. The maximum absolute atomic E-state index is 12.0. The van der Waals surface area contributed by atoms with Gasteiger partial charge >= 0.3 is 0 Å². The van der Waals surface area contributed by atoms with Gasteiger partial charge in [0.2, 0.25) is 5.91 Å². The van der Waals surface area contributed by atoms with Crippen molar-refractivity contribution in [2.24, 2.45) is 5.92 Å². The quantitative estimate of drug-likeness (QED) is 0.842. The molecule has 0 radical (unpaired) electrons. The van der Waals surface area contributed by atoms with E-state index < -0.39 is 0 Å². The number of aliphatic hydroxyl groups excluding tert-OH is 1. The fraction of sp³-hybridized carbons (Fsp3) is 0.389. The van der Waals surface area contributed by atoms with Crippen LogP contribution in [0.3, 0.4) is 0 Å². The second-order valence-corrected chi connectivity index (χ2v) is 6.56. The van der Waals surface area contributed by atoms with Crippen LogP contribution in [0.4, 0.5) is 0 Å². The van der Waals surface area contributed by atoms with Crippen molar-refractivity contribution in [3.05, 3.63) is 47.2 Å². The number of nitrogens with zero attached hydrogens (tertiary/aromatic N) is 1. The molecule has 0 bridgehead atoms. The molecule has 0 aliphatic carbocycles. The maximum Gasteiger partial charge on any atom is 0.234 e. The first kappa shape index (κ1) is 17.0.